The summed E-state index contributed by atoms with van der Waals surface area (Å²) < 4.78 is 10.3. The number of esters is 2. The number of thioether (sulfide) groups is 1. The van der Waals surface area contributed by atoms with Crippen LogP contribution in [0.25, 0.3) is 0 Å². The van der Waals surface area contributed by atoms with E-state index in [9.17, 15) is 19.2 Å². The third-order valence-electron chi connectivity index (χ3n) is 5.90. The van der Waals surface area contributed by atoms with Gasteiger partial charge in [0.1, 0.15) is 16.4 Å². The molecule has 198 valence electrons. The highest BCUT2D eigenvalue weighted by Crippen LogP contribution is 2.45. The van der Waals surface area contributed by atoms with Crippen molar-refractivity contribution in [3.8, 4) is 0 Å². The highest BCUT2D eigenvalue weighted by atomic mass is 32.2. The van der Waals surface area contributed by atoms with Crippen LogP contribution in [-0.2, 0) is 19.1 Å². The van der Waals surface area contributed by atoms with E-state index in [1.807, 2.05) is 54.6 Å². The van der Waals surface area contributed by atoms with Gasteiger partial charge in [-0.3, -0.25) is 9.59 Å². The van der Waals surface area contributed by atoms with Gasteiger partial charge in [-0.15, -0.1) is 23.1 Å². The van der Waals surface area contributed by atoms with Gasteiger partial charge in [-0.1, -0.05) is 42.5 Å². The molecule has 4 rings (SSSR count). The van der Waals surface area contributed by atoms with E-state index in [2.05, 4.69) is 5.32 Å². The highest BCUT2D eigenvalue weighted by molar-refractivity contribution is 7.99. The summed E-state index contributed by atoms with van der Waals surface area (Å²) in [4.78, 5) is 54.4. The standard InChI is InChI=1S/C28H28N2O6S2/c1-4-35-27(33)24-17(3)25(28(34)36-5-2)38-26(24)29-22(31)16-30-19-13-9-10-14-20(19)37-21(15-23(30)32)18-11-7-6-8-12-18/h6-14,21H,4-5,15-16H2,1-3H3,(H,29,31). The number of thiophene rings is 1. The van der Waals surface area contributed by atoms with E-state index < -0.39 is 17.8 Å². The van der Waals surface area contributed by atoms with E-state index in [-0.39, 0.29) is 52.8 Å². The molecule has 38 heavy (non-hydrogen) atoms. The van der Waals surface area contributed by atoms with E-state index in [1.54, 1.807) is 32.5 Å². The Hall–Kier alpha value is -3.63. The SMILES string of the molecule is CCOC(=O)c1sc(NC(=O)CN2C(=O)CC(c3ccccc3)Sc3ccccc32)c(C(=O)OCC)c1C. The predicted molar refractivity (Wildman–Crippen MR) is 148 cm³/mol. The molecule has 2 amide bonds. The molecule has 3 aromatic rings. The second-order valence-corrected chi connectivity index (χ2v) is 10.7. The smallest absolute Gasteiger partial charge is 0.348 e. The maximum absolute atomic E-state index is 13.4. The maximum Gasteiger partial charge on any atom is 0.348 e. The number of amides is 2. The average Bonchev–Trinajstić information content (AvgIpc) is 3.15. The molecule has 2 heterocycles. The summed E-state index contributed by atoms with van der Waals surface area (Å²) in [5.41, 5.74) is 2.17. The van der Waals surface area contributed by atoms with Crippen LogP contribution < -0.4 is 10.2 Å². The number of hydrogen-bond donors (Lipinski definition) is 1. The number of rotatable bonds is 8. The van der Waals surface area contributed by atoms with Crippen molar-refractivity contribution >= 4 is 57.5 Å². The van der Waals surface area contributed by atoms with Crippen molar-refractivity contribution in [3.05, 3.63) is 76.2 Å². The van der Waals surface area contributed by atoms with Crippen molar-refractivity contribution in [2.24, 2.45) is 0 Å². The first-order chi connectivity index (χ1) is 18.3. The first-order valence-electron chi connectivity index (χ1n) is 12.2. The number of para-hydroxylation sites is 1. The van der Waals surface area contributed by atoms with E-state index in [0.29, 0.717) is 11.3 Å². The average molecular weight is 553 g/mol. The van der Waals surface area contributed by atoms with Gasteiger partial charge in [0.25, 0.3) is 0 Å². The fourth-order valence-electron chi connectivity index (χ4n) is 4.16. The van der Waals surface area contributed by atoms with Gasteiger partial charge in [0.2, 0.25) is 11.8 Å². The molecule has 2 aromatic carbocycles. The molecule has 1 aliphatic rings. The minimum atomic E-state index is -0.648. The molecule has 10 heteroatoms. The molecule has 0 spiro atoms. The molecular weight excluding hydrogens is 524 g/mol. The molecule has 1 unspecified atom stereocenters. The van der Waals surface area contributed by atoms with Gasteiger partial charge < -0.3 is 19.7 Å². The van der Waals surface area contributed by atoms with Crippen LogP contribution in [0.1, 0.15) is 56.7 Å². The monoisotopic (exact) mass is 552 g/mol. The second-order valence-electron chi connectivity index (χ2n) is 8.42. The summed E-state index contributed by atoms with van der Waals surface area (Å²) in [6.07, 6.45) is 0.218. The normalized spacial score (nSPS) is 14.9. The molecule has 0 aliphatic carbocycles. The molecule has 0 saturated heterocycles. The van der Waals surface area contributed by atoms with Gasteiger partial charge in [-0.2, -0.15) is 0 Å². The number of ether oxygens (including phenoxy) is 2. The van der Waals surface area contributed by atoms with Crippen LogP contribution in [0.3, 0.4) is 0 Å². The second kappa shape index (κ2) is 12.3. The molecule has 1 aliphatic heterocycles. The van der Waals surface area contributed by atoms with Crippen LogP contribution in [0.5, 0.6) is 0 Å². The largest absolute Gasteiger partial charge is 0.462 e. The lowest BCUT2D eigenvalue weighted by molar-refractivity contribution is -0.121. The third-order valence-corrected chi connectivity index (χ3v) is 8.41. The molecule has 0 radical (unpaired) electrons. The molecule has 1 atom stereocenters. The zero-order valence-corrected chi connectivity index (χ0v) is 22.9. The molecule has 1 aromatic heterocycles. The van der Waals surface area contributed by atoms with Crippen molar-refractivity contribution in [2.75, 3.05) is 30.0 Å². The Morgan fingerprint density at radius 3 is 2.34 bits per heavy atom. The lowest BCUT2D eigenvalue weighted by atomic mass is 10.1. The Kier molecular flexibility index (Phi) is 8.85. The van der Waals surface area contributed by atoms with Crippen molar-refractivity contribution in [1.29, 1.82) is 0 Å². The number of nitrogens with one attached hydrogen (secondary N) is 1. The van der Waals surface area contributed by atoms with Crippen molar-refractivity contribution in [1.82, 2.24) is 0 Å². The van der Waals surface area contributed by atoms with Crippen LogP contribution in [-0.4, -0.2) is 43.5 Å². The van der Waals surface area contributed by atoms with Crippen LogP contribution in [0.4, 0.5) is 10.7 Å². The quantitative estimate of drug-likeness (QED) is 0.362. The number of benzene rings is 2. The first-order valence-corrected chi connectivity index (χ1v) is 13.9. The lowest BCUT2D eigenvalue weighted by Crippen LogP contribution is -2.38. The fraction of sp³-hybridized carbons (Fsp3) is 0.286. The van der Waals surface area contributed by atoms with Crippen molar-refractivity contribution in [3.63, 3.8) is 0 Å². The number of anilines is 2. The van der Waals surface area contributed by atoms with E-state index in [0.717, 1.165) is 21.8 Å². The van der Waals surface area contributed by atoms with E-state index in [1.165, 1.54) is 4.90 Å². The molecule has 0 bridgehead atoms. The minimum Gasteiger partial charge on any atom is -0.462 e. The minimum absolute atomic E-state index is 0.0968. The molecule has 0 fully saturated rings. The summed E-state index contributed by atoms with van der Waals surface area (Å²) in [5, 5.41) is 2.83. The van der Waals surface area contributed by atoms with Gasteiger partial charge in [-0.25, -0.2) is 9.59 Å². The van der Waals surface area contributed by atoms with Crippen molar-refractivity contribution < 1.29 is 28.7 Å². The lowest BCUT2D eigenvalue weighted by Gasteiger charge is -2.22. The Labute approximate surface area is 229 Å². The van der Waals surface area contributed by atoms with E-state index in [4.69, 9.17) is 9.47 Å². The number of hydrogen-bond acceptors (Lipinski definition) is 8. The molecule has 0 saturated carbocycles. The topological polar surface area (TPSA) is 102 Å². The van der Waals surface area contributed by atoms with Gasteiger partial charge >= 0.3 is 11.9 Å². The molecule has 8 nitrogen and oxygen atoms in total. The Balaban J connectivity index is 1.61. The Morgan fingerprint density at radius 1 is 0.974 bits per heavy atom. The van der Waals surface area contributed by atoms with Crippen LogP contribution in [0.15, 0.2) is 59.5 Å². The van der Waals surface area contributed by atoms with E-state index >= 15 is 0 Å². The number of fused-ring (bicyclic) bond motifs is 1. The Bertz CT molecular complexity index is 1350. The summed E-state index contributed by atoms with van der Waals surface area (Å²) in [5.74, 6) is -1.92. The van der Waals surface area contributed by atoms with Gasteiger partial charge in [0.05, 0.1) is 24.5 Å². The fourth-order valence-corrected chi connectivity index (χ4v) is 6.54. The van der Waals surface area contributed by atoms with Gasteiger partial charge in [0.15, 0.2) is 0 Å². The number of nitrogens with zero attached hydrogens (tertiary/aromatic N) is 1. The van der Waals surface area contributed by atoms with Crippen LogP contribution in [0.2, 0.25) is 0 Å². The number of carbonyl (C=O) groups is 4. The van der Waals surface area contributed by atoms with Gasteiger partial charge in [-0.05, 0) is 44.0 Å². The van der Waals surface area contributed by atoms with Gasteiger partial charge in [0, 0.05) is 16.6 Å². The van der Waals surface area contributed by atoms with Crippen molar-refractivity contribution in [2.45, 2.75) is 37.3 Å². The maximum atomic E-state index is 13.4. The summed E-state index contributed by atoms with van der Waals surface area (Å²) >= 11 is 2.54. The first kappa shape index (κ1) is 27.4. The van der Waals surface area contributed by atoms with Crippen LogP contribution >= 0.6 is 23.1 Å². The third kappa shape index (κ3) is 5.92. The summed E-state index contributed by atoms with van der Waals surface area (Å²) in [6.45, 7) is 5.02. The zero-order valence-electron chi connectivity index (χ0n) is 21.3. The summed E-state index contributed by atoms with van der Waals surface area (Å²) in [6, 6.07) is 17.3. The highest BCUT2D eigenvalue weighted by Gasteiger charge is 2.32. The predicted octanol–water partition coefficient (Wildman–Crippen LogP) is 5.62. The Morgan fingerprint density at radius 2 is 1.63 bits per heavy atom. The molecule has 1 N–H and O–H groups in total. The molecular formula is C28H28N2O6S2. The number of carbonyl (C=O) groups excluding carboxylic acids is 4. The van der Waals surface area contributed by atoms with Crippen LogP contribution in [0, 0.1) is 6.92 Å². The zero-order chi connectivity index (χ0) is 27.2. The summed E-state index contributed by atoms with van der Waals surface area (Å²) in [7, 11) is 0.